The van der Waals surface area contributed by atoms with Gasteiger partial charge in [-0.25, -0.2) is 4.98 Å². The van der Waals surface area contributed by atoms with Crippen LogP contribution in [0.3, 0.4) is 0 Å². The van der Waals surface area contributed by atoms with E-state index in [0.717, 1.165) is 5.69 Å². The number of nitrogens with zero attached hydrogens (tertiary/aromatic N) is 1. The van der Waals surface area contributed by atoms with Crippen molar-refractivity contribution in [2.24, 2.45) is 0 Å². The molecule has 0 aliphatic rings. The normalized spacial score (nSPS) is 10.1. The summed E-state index contributed by atoms with van der Waals surface area (Å²) < 4.78 is 10.3. The van der Waals surface area contributed by atoms with Crippen molar-refractivity contribution in [1.82, 2.24) is 10.3 Å². The number of nitrogens with one attached hydrogen (secondary N) is 1. The fourth-order valence-electron chi connectivity index (χ4n) is 1.67. The number of carbonyl (C=O) groups excluding carboxylic acids is 1. The number of amides is 1. The molecule has 1 aromatic heterocycles. The highest BCUT2D eigenvalue weighted by molar-refractivity contribution is 7.07. The summed E-state index contributed by atoms with van der Waals surface area (Å²) in [7, 11) is 3.00. The second kappa shape index (κ2) is 6.25. The standard InChI is InChI=1S/C13H15N3O3S/c1-18-9-3-10(12(14)11(4-9)19-2)13(17)15-5-8-6-20-7-16-8/h3-4,6-7H,5,14H2,1-2H3,(H,15,17). The van der Waals surface area contributed by atoms with Crippen molar-refractivity contribution in [2.45, 2.75) is 6.54 Å². The molecule has 3 N–H and O–H groups in total. The predicted molar refractivity (Wildman–Crippen MR) is 77.2 cm³/mol. The van der Waals surface area contributed by atoms with Gasteiger partial charge in [0.2, 0.25) is 0 Å². The molecule has 0 aliphatic carbocycles. The van der Waals surface area contributed by atoms with Crippen LogP contribution in [0.5, 0.6) is 11.5 Å². The van der Waals surface area contributed by atoms with Crippen LogP contribution in [0.1, 0.15) is 16.1 Å². The van der Waals surface area contributed by atoms with Crippen LogP contribution in [0.25, 0.3) is 0 Å². The molecule has 1 aromatic carbocycles. The molecule has 0 saturated heterocycles. The molecule has 0 aliphatic heterocycles. The van der Waals surface area contributed by atoms with Crippen molar-refractivity contribution in [3.63, 3.8) is 0 Å². The van der Waals surface area contributed by atoms with Crippen LogP contribution in [0, 0.1) is 0 Å². The minimum atomic E-state index is -0.298. The zero-order valence-electron chi connectivity index (χ0n) is 11.2. The number of hydrogen-bond donors (Lipinski definition) is 2. The zero-order valence-corrected chi connectivity index (χ0v) is 12.0. The van der Waals surface area contributed by atoms with Gasteiger partial charge in [0.05, 0.1) is 43.2 Å². The number of nitrogen functional groups attached to an aromatic ring is 1. The summed E-state index contributed by atoms with van der Waals surface area (Å²) in [5.74, 6) is 0.616. The molecule has 2 aromatic rings. The van der Waals surface area contributed by atoms with Crippen LogP contribution in [-0.4, -0.2) is 25.1 Å². The smallest absolute Gasteiger partial charge is 0.253 e. The van der Waals surface area contributed by atoms with Gasteiger partial charge in [-0.3, -0.25) is 4.79 Å². The lowest BCUT2D eigenvalue weighted by Gasteiger charge is -2.12. The monoisotopic (exact) mass is 293 g/mol. The van der Waals surface area contributed by atoms with E-state index in [1.807, 2.05) is 5.38 Å². The Morgan fingerprint density at radius 1 is 1.40 bits per heavy atom. The zero-order chi connectivity index (χ0) is 14.5. The van der Waals surface area contributed by atoms with E-state index >= 15 is 0 Å². The number of aromatic nitrogens is 1. The highest BCUT2D eigenvalue weighted by Gasteiger charge is 2.16. The van der Waals surface area contributed by atoms with Gasteiger partial charge in [0.1, 0.15) is 11.5 Å². The summed E-state index contributed by atoms with van der Waals surface area (Å²) in [6, 6.07) is 3.21. The number of carbonyl (C=O) groups is 1. The number of methoxy groups -OCH3 is 2. The van der Waals surface area contributed by atoms with Crippen LogP contribution in [0.2, 0.25) is 0 Å². The topological polar surface area (TPSA) is 86.5 Å². The van der Waals surface area contributed by atoms with Gasteiger partial charge in [0.25, 0.3) is 5.91 Å². The maximum atomic E-state index is 12.2. The summed E-state index contributed by atoms with van der Waals surface area (Å²) in [6.07, 6.45) is 0. The van der Waals surface area contributed by atoms with Gasteiger partial charge in [-0.1, -0.05) is 0 Å². The van der Waals surface area contributed by atoms with E-state index in [-0.39, 0.29) is 11.6 Å². The number of hydrogen-bond acceptors (Lipinski definition) is 6. The van der Waals surface area contributed by atoms with Crippen LogP contribution in [0.4, 0.5) is 5.69 Å². The lowest BCUT2D eigenvalue weighted by Crippen LogP contribution is -2.24. The van der Waals surface area contributed by atoms with E-state index in [0.29, 0.717) is 23.6 Å². The molecular weight excluding hydrogens is 278 g/mol. The number of nitrogens with two attached hydrogens (primary N) is 1. The Kier molecular flexibility index (Phi) is 4.41. The third-order valence-electron chi connectivity index (χ3n) is 2.73. The summed E-state index contributed by atoms with van der Waals surface area (Å²) in [5.41, 5.74) is 9.03. The summed E-state index contributed by atoms with van der Waals surface area (Å²) in [6.45, 7) is 0.349. The van der Waals surface area contributed by atoms with Crippen molar-refractivity contribution < 1.29 is 14.3 Å². The average Bonchev–Trinajstić information content (AvgIpc) is 2.98. The fourth-order valence-corrected chi connectivity index (χ4v) is 2.23. The Bertz CT molecular complexity index is 599. The highest BCUT2D eigenvalue weighted by Crippen LogP contribution is 2.30. The first kappa shape index (κ1) is 14.1. The van der Waals surface area contributed by atoms with Gasteiger partial charge in [0.15, 0.2) is 0 Å². The Morgan fingerprint density at radius 2 is 2.20 bits per heavy atom. The second-order valence-electron chi connectivity index (χ2n) is 3.95. The van der Waals surface area contributed by atoms with E-state index in [4.69, 9.17) is 15.2 Å². The second-order valence-corrected chi connectivity index (χ2v) is 4.67. The van der Waals surface area contributed by atoms with E-state index in [9.17, 15) is 4.79 Å². The van der Waals surface area contributed by atoms with Crippen LogP contribution in [-0.2, 0) is 6.54 Å². The van der Waals surface area contributed by atoms with Crippen molar-refractivity contribution >= 4 is 22.9 Å². The molecule has 0 atom stereocenters. The summed E-state index contributed by atoms with van der Waals surface area (Å²) in [5, 5.41) is 4.63. The van der Waals surface area contributed by atoms with E-state index < -0.39 is 0 Å². The molecule has 1 heterocycles. The van der Waals surface area contributed by atoms with Gasteiger partial charge in [0, 0.05) is 11.4 Å². The maximum absolute atomic E-state index is 12.2. The van der Waals surface area contributed by atoms with Crippen molar-refractivity contribution in [2.75, 3.05) is 20.0 Å². The quantitative estimate of drug-likeness (QED) is 0.819. The molecule has 0 spiro atoms. The third kappa shape index (κ3) is 3.00. The number of ether oxygens (including phenoxy) is 2. The molecule has 0 unspecified atom stereocenters. The molecule has 2 rings (SSSR count). The lowest BCUT2D eigenvalue weighted by molar-refractivity contribution is 0.0950. The average molecular weight is 293 g/mol. The van der Waals surface area contributed by atoms with Crippen LogP contribution >= 0.6 is 11.3 Å². The van der Waals surface area contributed by atoms with Crippen LogP contribution < -0.4 is 20.5 Å². The molecular formula is C13H15N3O3S. The van der Waals surface area contributed by atoms with E-state index in [1.165, 1.54) is 25.6 Å². The Morgan fingerprint density at radius 3 is 2.80 bits per heavy atom. The van der Waals surface area contributed by atoms with Crippen molar-refractivity contribution in [3.05, 3.63) is 34.3 Å². The molecule has 6 nitrogen and oxygen atoms in total. The Hall–Kier alpha value is -2.28. The third-order valence-corrected chi connectivity index (χ3v) is 3.36. The van der Waals surface area contributed by atoms with Crippen molar-refractivity contribution in [1.29, 1.82) is 0 Å². The first-order chi connectivity index (χ1) is 9.65. The minimum Gasteiger partial charge on any atom is -0.497 e. The molecule has 7 heteroatoms. The molecule has 1 amide bonds. The molecule has 0 bridgehead atoms. The Balaban J connectivity index is 2.20. The lowest BCUT2D eigenvalue weighted by atomic mass is 10.1. The predicted octanol–water partition coefficient (Wildman–Crippen LogP) is 1.67. The van der Waals surface area contributed by atoms with Gasteiger partial charge >= 0.3 is 0 Å². The van der Waals surface area contributed by atoms with E-state index in [2.05, 4.69) is 10.3 Å². The summed E-state index contributed by atoms with van der Waals surface area (Å²) in [4.78, 5) is 16.3. The van der Waals surface area contributed by atoms with Gasteiger partial charge in [-0.15, -0.1) is 11.3 Å². The minimum absolute atomic E-state index is 0.282. The number of benzene rings is 1. The SMILES string of the molecule is COc1cc(OC)c(N)c(C(=O)NCc2cscn2)c1. The largest absolute Gasteiger partial charge is 0.497 e. The molecule has 0 saturated carbocycles. The Labute approximate surface area is 120 Å². The van der Waals surface area contributed by atoms with Gasteiger partial charge in [-0.05, 0) is 6.07 Å². The number of rotatable bonds is 5. The molecule has 106 valence electrons. The van der Waals surface area contributed by atoms with Gasteiger partial charge in [-0.2, -0.15) is 0 Å². The number of anilines is 1. The van der Waals surface area contributed by atoms with Crippen molar-refractivity contribution in [3.8, 4) is 11.5 Å². The van der Waals surface area contributed by atoms with E-state index in [1.54, 1.807) is 17.6 Å². The molecule has 0 fully saturated rings. The summed E-state index contributed by atoms with van der Waals surface area (Å²) >= 11 is 1.48. The molecule has 0 radical (unpaired) electrons. The first-order valence-corrected chi connectivity index (χ1v) is 6.76. The maximum Gasteiger partial charge on any atom is 0.253 e. The molecule has 20 heavy (non-hydrogen) atoms. The van der Waals surface area contributed by atoms with Crippen LogP contribution in [0.15, 0.2) is 23.0 Å². The number of thiazole rings is 1. The highest BCUT2D eigenvalue weighted by atomic mass is 32.1. The first-order valence-electron chi connectivity index (χ1n) is 5.82. The van der Waals surface area contributed by atoms with Gasteiger partial charge < -0.3 is 20.5 Å². The fraction of sp³-hybridized carbons (Fsp3) is 0.231.